The van der Waals surface area contributed by atoms with Gasteiger partial charge in [-0.2, -0.15) is 0 Å². The lowest BCUT2D eigenvalue weighted by Gasteiger charge is -1.91. The molecule has 0 aliphatic rings. The third-order valence-electron chi connectivity index (χ3n) is 1.76. The largest absolute Gasteiger partial charge is 0.508 e. The van der Waals surface area contributed by atoms with Crippen LogP contribution in [0.15, 0.2) is 29.8 Å². The molecule has 1 heterocycles. The number of benzene rings is 1. The van der Waals surface area contributed by atoms with E-state index in [0.717, 1.165) is 10.4 Å². The van der Waals surface area contributed by atoms with Gasteiger partial charge >= 0.3 is 0 Å². The van der Waals surface area contributed by atoms with Gasteiger partial charge in [0.1, 0.15) is 16.4 Å². The van der Waals surface area contributed by atoms with Crippen LogP contribution in [0.1, 0.15) is 10.4 Å². The van der Waals surface area contributed by atoms with Crippen LogP contribution in [0.4, 0.5) is 5.82 Å². The SMILES string of the molecule is Nc1ncsc1C#Cc1cccc(O)c1. The zero-order valence-electron chi connectivity index (χ0n) is 7.77. The number of phenols is 1. The molecule has 3 N–H and O–H groups in total. The van der Waals surface area contributed by atoms with Crippen LogP contribution in [0.25, 0.3) is 0 Å². The number of phenolic OH excluding ortho intramolecular Hbond substituents is 1. The summed E-state index contributed by atoms with van der Waals surface area (Å²) in [5.74, 6) is 6.47. The molecule has 0 aliphatic carbocycles. The lowest BCUT2D eigenvalue weighted by Crippen LogP contribution is -1.85. The molecule has 0 saturated heterocycles. The molecule has 0 atom stereocenters. The Bertz CT molecular complexity index is 537. The first-order valence-corrected chi connectivity index (χ1v) is 5.13. The van der Waals surface area contributed by atoms with Crippen LogP contribution < -0.4 is 5.73 Å². The van der Waals surface area contributed by atoms with Gasteiger partial charge < -0.3 is 10.8 Å². The molecule has 0 unspecified atom stereocenters. The highest BCUT2D eigenvalue weighted by atomic mass is 32.1. The van der Waals surface area contributed by atoms with Gasteiger partial charge in [0.15, 0.2) is 0 Å². The number of nitrogens with zero attached hydrogens (tertiary/aromatic N) is 1. The molecule has 4 heteroatoms. The van der Waals surface area contributed by atoms with Crippen LogP contribution in [0.5, 0.6) is 5.75 Å². The van der Waals surface area contributed by atoms with Gasteiger partial charge in [0, 0.05) is 5.56 Å². The molecular formula is C11H8N2OS. The minimum atomic E-state index is 0.207. The van der Waals surface area contributed by atoms with E-state index in [2.05, 4.69) is 16.8 Å². The predicted octanol–water partition coefficient (Wildman–Crippen LogP) is 1.83. The van der Waals surface area contributed by atoms with Gasteiger partial charge in [-0.1, -0.05) is 12.0 Å². The van der Waals surface area contributed by atoms with Gasteiger partial charge in [0.2, 0.25) is 0 Å². The monoisotopic (exact) mass is 216 g/mol. The number of nitrogens with two attached hydrogens (primary N) is 1. The summed E-state index contributed by atoms with van der Waals surface area (Å²) in [6.07, 6.45) is 0. The Balaban J connectivity index is 2.30. The van der Waals surface area contributed by atoms with Gasteiger partial charge in [0.25, 0.3) is 0 Å². The van der Waals surface area contributed by atoms with Gasteiger partial charge in [-0.15, -0.1) is 11.3 Å². The third kappa shape index (κ3) is 2.27. The lowest BCUT2D eigenvalue weighted by atomic mass is 10.2. The second-order valence-corrected chi connectivity index (χ2v) is 3.72. The number of hydrogen-bond donors (Lipinski definition) is 2. The summed E-state index contributed by atoms with van der Waals surface area (Å²) in [6.45, 7) is 0. The van der Waals surface area contributed by atoms with E-state index in [9.17, 15) is 5.11 Å². The number of rotatable bonds is 0. The summed E-state index contributed by atoms with van der Waals surface area (Å²) in [5, 5.41) is 9.22. The van der Waals surface area contributed by atoms with Crippen molar-refractivity contribution in [2.45, 2.75) is 0 Å². The average molecular weight is 216 g/mol. The highest BCUT2D eigenvalue weighted by Gasteiger charge is 1.96. The van der Waals surface area contributed by atoms with Crippen molar-refractivity contribution >= 4 is 17.2 Å². The van der Waals surface area contributed by atoms with Crippen molar-refractivity contribution in [1.29, 1.82) is 0 Å². The predicted molar refractivity (Wildman–Crippen MR) is 60.6 cm³/mol. The molecule has 0 bridgehead atoms. The number of nitrogen functional groups attached to an aromatic ring is 1. The topological polar surface area (TPSA) is 59.1 Å². The van der Waals surface area contributed by atoms with Crippen molar-refractivity contribution in [2.24, 2.45) is 0 Å². The number of aromatic nitrogens is 1. The molecule has 0 saturated carbocycles. The minimum Gasteiger partial charge on any atom is -0.508 e. The summed E-state index contributed by atoms with van der Waals surface area (Å²) in [4.78, 5) is 4.64. The molecule has 1 aromatic heterocycles. The molecule has 74 valence electrons. The standard InChI is InChI=1S/C11H8N2OS/c12-11-10(15-7-13-11)5-4-8-2-1-3-9(14)6-8/h1-3,6-7,14H,12H2. The average Bonchev–Trinajstić information content (AvgIpc) is 2.61. The van der Waals surface area contributed by atoms with E-state index in [4.69, 9.17) is 5.73 Å². The van der Waals surface area contributed by atoms with E-state index in [0.29, 0.717) is 5.82 Å². The Labute approximate surface area is 91.2 Å². The van der Waals surface area contributed by atoms with Crippen molar-refractivity contribution in [2.75, 3.05) is 5.73 Å². The molecule has 15 heavy (non-hydrogen) atoms. The Kier molecular flexibility index (Phi) is 2.57. The zero-order chi connectivity index (χ0) is 10.7. The Hall–Kier alpha value is -1.99. The number of hydrogen-bond acceptors (Lipinski definition) is 4. The second-order valence-electron chi connectivity index (χ2n) is 2.87. The van der Waals surface area contributed by atoms with Crippen LogP contribution in [0.2, 0.25) is 0 Å². The zero-order valence-corrected chi connectivity index (χ0v) is 8.58. The Morgan fingerprint density at radius 3 is 2.87 bits per heavy atom. The summed E-state index contributed by atoms with van der Waals surface area (Å²) in [7, 11) is 0. The number of aromatic hydroxyl groups is 1. The van der Waals surface area contributed by atoms with E-state index in [1.54, 1.807) is 23.7 Å². The highest BCUT2D eigenvalue weighted by Crippen LogP contribution is 2.14. The maximum Gasteiger partial charge on any atom is 0.150 e. The van der Waals surface area contributed by atoms with Crippen LogP contribution in [-0.2, 0) is 0 Å². The maximum atomic E-state index is 9.22. The quantitative estimate of drug-likeness (QED) is 0.660. The van der Waals surface area contributed by atoms with Crippen molar-refractivity contribution in [1.82, 2.24) is 4.98 Å². The molecular weight excluding hydrogens is 208 g/mol. The third-order valence-corrected chi connectivity index (χ3v) is 2.52. The van der Waals surface area contributed by atoms with E-state index in [1.807, 2.05) is 6.07 Å². The molecule has 0 fully saturated rings. The molecule has 0 spiro atoms. The fraction of sp³-hybridized carbons (Fsp3) is 0. The van der Waals surface area contributed by atoms with Gasteiger partial charge in [-0.3, -0.25) is 0 Å². The van der Waals surface area contributed by atoms with Crippen molar-refractivity contribution in [3.63, 3.8) is 0 Å². The second kappa shape index (κ2) is 4.03. The maximum absolute atomic E-state index is 9.22. The molecule has 2 aromatic rings. The first-order valence-electron chi connectivity index (χ1n) is 4.26. The normalized spacial score (nSPS) is 9.33. The first kappa shape index (κ1) is 9.56. The summed E-state index contributed by atoms with van der Waals surface area (Å²) < 4.78 is 0. The number of anilines is 1. The molecule has 1 aromatic carbocycles. The fourth-order valence-electron chi connectivity index (χ4n) is 1.06. The van der Waals surface area contributed by atoms with Crippen LogP contribution in [0, 0.1) is 11.8 Å². The molecule has 0 radical (unpaired) electrons. The first-order chi connectivity index (χ1) is 7.25. The smallest absolute Gasteiger partial charge is 0.150 e. The van der Waals surface area contributed by atoms with E-state index in [1.165, 1.54) is 11.3 Å². The van der Waals surface area contributed by atoms with Crippen molar-refractivity contribution in [3.05, 3.63) is 40.2 Å². The Morgan fingerprint density at radius 1 is 1.33 bits per heavy atom. The molecule has 0 aliphatic heterocycles. The van der Waals surface area contributed by atoms with Crippen LogP contribution >= 0.6 is 11.3 Å². The van der Waals surface area contributed by atoms with Crippen LogP contribution in [-0.4, -0.2) is 10.1 Å². The van der Waals surface area contributed by atoms with E-state index < -0.39 is 0 Å². The summed E-state index contributed by atoms with van der Waals surface area (Å²) in [5.41, 5.74) is 7.99. The molecule has 3 nitrogen and oxygen atoms in total. The van der Waals surface area contributed by atoms with Crippen molar-refractivity contribution < 1.29 is 5.11 Å². The lowest BCUT2D eigenvalue weighted by molar-refractivity contribution is 0.475. The van der Waals surface area contributed by atoms with E-state index in [-0.39, 0.29) is 5.75 Å². The molecule has 2 rings (SSSR count). The van der Waals surface area contributed by atoms with Gasteiger partial charge in [-0.05, 0) is 24.1 Å². The molecule has 0 amide bonds. The number of thiazole rings is 1. The van der Waals surface area contributed by atoms with Crippen molar-refractivity contribution in [3.8, 4) is 17.6 Å². The fourth-order valence-corrected chi connectivity index (χ4v) is 1.62. The summed E-state index contributed by atoms with van der Waals surface area (Å²) >= 11 is 1.40. The van der Waals surface area contributed by atoms with Gasteiger partial charge in [0.05, 0.1) is 5.51 Å². The van der Waals surface area contributed by atoms with Crippen LogP contribution in [0.3, 0.4) is 0 Å². The van der Waals surface area contributed by atoms with Gasteiger partial charge in [-0.25, -0.2) is 4.98 Å². The highest BCUT2D eigenvalue weighted by molar-refractivity contribution is 7.10. The van der Waals surface area contributed by atoms with E-state index >= 15 is 0 Å². The Morgan fingerprint density at radius 2 is 2.20 bits per heavy atom. The minimum absolute atomic E-state index is 0.207. The summed E-state index contributed by atoms with van der Waals surface area (Å²) in [6, 6.07) is 6.77.